The molecule has 4 nitrogen and oxygen atoms in total. The lowest BCUT2D eigenvalue weighted by molar-refractivity contribution is 0.0960. The fourth-order valence-electron chi connectivity index (χ4n) is 1.98. The summed E-state index contributed by atoms with van der Waals surface area (Å²) in [7, 11) is 1.80. The number of ether oxygens (including phenoxy) is 1. The number of hydrogen-bond donors (Lipinski definition) is 0. The molecule has 1 aromatic rings. The van der Waals surface area contributed by atoms with E-state index >= 15 is 0 Å². The van der Waals surface area contributed by atoms with Crippen LogP contribution < -0.4 is 0 Å². The van der Waals surface area contributed by atoms with E-state index < -0.39 is 0 Å². The van der Waals surface area contributed by atoms with Gasteiger partial charge in [0.05, 0.1) is 0 Å². The van der Waals surface area contributed by atoms with E-state index in [0.717, 1.165) is 18.4 Å². The summed E-state index contributed by atoms with van der Waals surface area (Å²) in [6, 6.07) is 9.72. The Balaban J connectivity index is 1.79. The number of carbonyl (C=O) groups is 1. The van der Waals surface area contributed by atoms with Gasteiger partial charge in [0, 0.05) is 38.7 Å². The molecular formula is C14H18N2O2. The minimum absolute atomic E-state index is 0.228. The molecule has 0 aromatic heterocycles. The van der Waals surface area contributed by atoms with Crippen LogP contribution in [0.15, 0.2) is 35.3 Å². The molecule has 1 saturated heterocycles. The summed E-state index contributed by atoms with van der Waals surface area (Å²) >= 11 is 0. The third-order valence-electron chi connectivity index (χ3n) is 3.12. The van der Waals surface area contributed by atoms with E-state index in [1.807, 2.05) is 30.3 Å². The minimum atomic E-state index is -0.228. The van der Waals surface area contributed by atoms with Crippen LogP contribution in [0.5, 0.6) is 0 Å². The first kappa shape index (κ1) is 12.6. The van der Waals surface area contributed by atoms with Crippen LogP contribution in [0.3, 0.4) is 0 Å². The molecule has 2 rings (SSSR count). The van der Waals surface area contributed by atoms with Gasteiger partial charge in [-0.05, 0) is 5.56 Å². The highest BCUT2D eigenvalue weighted by Gasteiger charge is 2.20. The maximum atomic E-state index is 11.8. The molecule has 4 heteroatoms. The van der Waals surface area contributed by atoms with Crippen LogP contribution in [0.25, 0.3) is 0 Å². The molecule has 18 heavy (non-hydrogen) atoms. The van der Waals surface area contributed by atoms with Gasteiger partial charge in [0.15, 0.2) is 0 Å². The fraction of sp³-hybridized carbons (Fsp3) is 0.429. The third-order valence-corrected chi connectivity index (χ3v) is 3.12. The Morgan fingerprint density at radius 2 is 1.94 bits per heavy atom. The Morgan fingerprint density at radius 1 is 1.28 bits per heavy atom. The number of amides is 1. The van der Waals surface area contributed by atoms with Crippen molar-refractivity contribution in [3.05, 3.63) is 35.9 Å². The van der Waals surface area contributed by atoms with Crippen molar-refractivity contribution in [2.75, 3.05) is 20.1 Å². The predicted octanol–water partition coefficient (Wildman–Crippen LogP) is 2.49. The lowest BCUT2D eigenvalue weighted by Crippen LogP contribution is -2.38. The number of piperidine rings is 1. The van der Waals surface area contributed by atoms with Crippen molar-refractivity contribution in [1.29, 1.82) is 0 Å². The molecule has 0 atom stereocenters. The minimum Gasteiger partial charge on any atom is -0.445 e. The quantitative estimate of drug-likeness (QED) is 0.804. The maximum absolute atomic E-state index is 11.8. The van der Waals surface area contributed by atoms with Crippen LogP contribution in [0, 0.1) is 0 Å². The largest absolute Gasteiger partial charge is 0.445 e. The number of hydrogen-bond acceptors (Lipinski definition) is 3. The van der Waals surface area contributed by atoms with Gasteiger partial charge in [0.2, 0.25) is 0 Å². The average Bonchev–Trinajstić information content (AvgIpc) is 2.46. The van der Waals surface area contributed by atoms with E-state index in [1.165, 1.54) is 5.71 Å². The molecule has 1 aliphatic heterocycles. The third kappa shape index (κ3) is 3.32. The maximum Gasteiger partial charge on any atom is 0.410 e. The van der Waals surface area contributed by atoms with E-state index in [0.29, 0.717) is 19.7 Å². The molecule has 1 heterocycles. The van der Waals surface area contributed by atoms with Crippen LogP contribution in [-0.2, 0) is 11.3 Å². The van der Waals surface area contributed by atoms with E-state index in [4.69, 9.17) is 4.74 Å². The Bertz CT molecular complexity index is 419. The van der Waals surface area contributed by atoms with Crippen LogP contribution in [0.1, 0.15) is 18.4 Å². The number of rotatable bonds is 2. The van der Waals surface area contributed by atoms with Crippen molar-refractivity contribution in [2.45, 2.75) is 19.4 Å². The molecule has 1 amide bonds. The zero-order valence-electron chi connectivity index (χ0n) is 10.6. The van der Waals surface area contributed by atoms with Gasteiger partial charge in [-0.3, -0.25) is 4.99 Å². The lowest BCUT2D eigenvalue weighted by atomic mass is 10.1. The molecule has 96 valence electrons. The summed E-state index contributed by atoms with van der Waals surface area (Å²) in [6.07, 6.45) is 1.49. The Hall–Kier alpha value is -1.84. The second-order valence-corrected chi connectivity index (χ2v) is 4.32. The first-order valence-corrected chi connectivity index (χ1v) is 6.20. The smallest absolute Gasteiger partial charge is 0.410 e. The molecule has 0 N–H and O–H groups in total. The van der Waals surface area contributed by atoms with Gasteiger partial charge in [-0.25, -0.2) is 4.79 Å². The molecule has 0 radical (unpaired) electrons. The monoisotopic (exact) mass is 246 g/mol. The van der Waals surface area contributed by atoms with E-state index in [-0.39, 0.29) is 6.09 Å². The molecule has 0 spiro atoms. The molecule has 0 saturated carbocycles. The number of benzene rings is 1. The standard InChI is InChI=1S/C14H18N2O2/c1-15-13-7-9-16(10-8-13)14(17)18-11-12-5-3-2-4-6-12/h2-6H,7-11H2,1H3. The van der Waals surface area contributed by atoms with Crippen LogP contribution in [0.4, 0.5) is 4.79 Å². The van der Waals surface area contributed by atoms with Crippen molar-refractivity contribution in [2.24, 2.45) is 4.99 Å². The van der Waals surface area contributed by atoms with E-state index in [1.54, 1.807) is 11.9 Å². The molecule has 0 unspecified atom stereocenters. The van der Waals surface area contributed by atoms with Crippen molar-refractivity contribution in [3.8, 4) is 0 Å². The lowest BCUT2D eigenvalue weighted by Gasteiger charge is -2.26. The van der Waals surface area contributed by atoms with Crippen LogP contribution in [-0.4, -0.2) is 36.8 Å². The summed E-state index contributed by atoms with van der Waals surface area (Å²) in [5.74, 6) is 0. The molecule has 1 aliphatic rings. The molecule has 0 aliphatic carbocycles. The summed E-state index contributed by atoms with van der Waals surface area (Å²) < 4.78 is 5.28. The Kier molecular flexibility index (Phi) is 4.34. The first-order chi connectivity index (χ1) is 8.79. The zero-order valence-corrected chi connectivity index (χ0v) is 10.6. The van der Waals surface area contributed by atoms with Gasteiger partial charge in [-0.2, -0.15) is 0 Å². The summed E-state index contributed by atoms with van der Waals surface area (Å²) in [6.45, 7) is 1.76. The van der Waals surface area contributed by atoms with Crippen LogP contribution in [0.2, 0.25) is 0 Å². The number of nitrogens with zero attached hydrogens (tertiary/aromatic N) is 2. The normalized spacial score (nSPS) is 15.4. The number of carbonyl (C=O) groups excluding carboxylic acids is 1. The molecule has 1 fully saturated rings. The van der Waals surface area contributed by atoms with Gasteiger partial charge in [-0.1, -0.05) is 30.3 Å². The Morgan fingerprint density at radius 3 is 2.56 bits per heavy atom. The SMILES string of the molecule is CN=C1CCN(C(=O)OCc2ccccc2)CC1. The molecular weight excluding hydrogens is 228 g/mol. The van der Waals surface area contributed by atoms with Gasteiger partial charge in [0.1, 0.15) is 6.61 Å². The zero-order chi connectivity index (χ0) is 12.8. The van der Waals surface area contributed by atoms with Crippen molar-refractivity contribution in [1.82, 2.24) is 4.90 Å². The molecule has 0 bridgehead atoms. The van der Waals surface area contributed by atoms with Crippen molar-refractivity contribution in [3.63, 3.8) is 0 Å². The summed E-state index contributed by atoms with van der Waals surface area (Å²) in [5.41, 5.74) is 2.20. The van der Waals surface area contributed by atoms with Gasteiger partial charge < -0.3 is 9.64 Å². The fourth-order valence-corrected chi connectivity index (χ4v) is 1.98. The van der Waals surface area contributed by atoms with Crippen molar-refractivity contribution >= 4 is 11.8 Å². The summed E-state index contributed by atoms with van der Waals surface area (Å²) in [5, 5.41) is 0. The Labute approximate surface area is 107 Å². The van der Waals surface area contributed by atoms with E-state index in [2.05, 4.69) is 4.99 Å². The highest BCUT2D eigenvalue weighted by Crippen LogP contribution is 2.10. The van der Waals surface area contributed by atoms with Crippen LogP contribution >= 0.6 is 0 Å². The first-order valence-electron chi connectivity index (χ1n) is 6.20. The molecule has 1 aromatic carbocycles. The highest BCUT2D eigenvalue weighted by molar-refractivity contribution is 5.86. The second-order valence-electron chi connectivity index (χ2n) is 4.32. The highest BCUT2D eigenvalue weighted by atomic mass is 16.6. The number of aliphatic imine (C=N–C) groups is 1. The van der Waals surface area contributed by atoms with E-state index in [9.17, 15) is 4.79 Å². The topological polar surface area (TPSA) is 41.9 Å². The van der Waals surface area contributed by atoms with Crippen molar-refractivity contribution < 1.29 is 9.53 Å². The summed E-state index contributed by atoms with van der Waals surface area (Å²) in [4.78, 5) is 17.8. The predicted molar refractivity (Wildman–Crippen MR) is 70.8 cm³/mol. The van der Waals surface area contributed by atoms with Gasteiger partial charge in [-0.15, -0.1) is 0 Å². The second kappa shape index (κ2) is 6.19. The van der Waals surface area contributed by atoms with Gasteiger partial charge in [0.25, 0.3) is 0 Å². The van der Waals surface area contributed by atoms with Gasteiger partial charge >= 0.3 is 6.09 Å². The average molecular weight is 246 g/mol. The number of likely N-dealkylation sites (tertiary alicyclic amines) is 1.